The zero-order chi connectivity index (χ0) is 23.6. The van der Waals surface area contributed by atoms with Crippen LogP contribution >= 0.6 is 11.6 Å². The van der Waals surface area contributed by atoms with Crippen LogP contribution in [-0.4, -0.2) is 28.1 Å². The minimum atomic E-state index is -1.23. The molecule has 3 rings (SSSR count). The van der Waals surface area contributed by atoms with Gasteiger partial charge in [0.15, 0.2) is 0 Å². The molecule has 0 aromatic heterocycles. The molecule has 3 N–H and O–H groups in total. The SMILES string of the molecule is CC(C)(C)c1ccc(C(=O)Nc2cc(Cl)c(-c3ccc(C(=O)O)cc3)cc2C(=O)O)cc1. The molecule has 0 aliphatic rings. The number of hydrogen-bond acceptors (Lipinski definition) is 3. The number of benzene rings is 3. The van der Waals surface area contributed by atoms with Crippen LogP contribution in [0.5, 0.6) is 0 Å². The highest BCUT2D eigenvalue weighted by Crippen LogP contribution is 2.34. The second-order valence-corrected chi connectivity index (χ2v) is 8.75. The standard InChI is InChI=1S/C25H22ClNO5/c1-25(2,3)17-10-8-15(9-11-17)22(28)27-21-13-20(26)18(12-19(21)24(31)32)14-4-6-16(7-5-14)23(29)30/h4-13H,1-3H3,(H,27,28)(H,29,30)(H,31,32). The Bertz CT molecular complexity index is 1190. The number of aromatic carboxylic acids is 2. The second kappa shape index (κ2) is 8.85. The van der Waals surface area contributed by atoms with Gasteiger partial charge in [0.25, 0.3) is 5.91 Å². The zero-order valence-corrected chi connectivity index (χ0v) is 18.5. The Morgan fingerprint density at radius 2 is 1.38 bits per heavy atom. The van der Waals surface area contributed by atoms with Crippen LogP contribution in [0.25, 0.3) is 11.1 Å². The van der Waals surface area contributed by atoms with E-state index in [2.05, 4.69) is 26.1 Å². The van der Waals surface area contributed by atoms with E-state index in [1.165, 1.54) is 24.3 Å². The number of carbonyl (C=O) groups is 3. The largest absolute Gasteiger partial charge is 0.478 e. The molecule has 0 saturated heterocycles. The maximum absolute atomic E-state index is 12.7. The van der Waals surface area contributed by atoms with Crippen molar-refractivity contribution in [2.75, 3.05) is 5.32 Å². The Balaban J connectivity index is 1.93. The molecule has 164 valence electrons. The molecule has 7 heteroatoms. The summed E-state index contributed by atoms with van der Waals surface area (Å²) in [5, 5.41) is 21.6. The fourth-order valence-corrected chi connectivity index (χ4v) is 3.46. The van der Waals surface area contributed by atoms with Crippen molar-refractivity contribution in [1.29, 1.82) is 0 Å². The van der Waals surface area contributed by atoms with E-state index in [1.807, 2.05) is 12.1 Å². The number of anilines is 1. The highest BCUT2D eigenvalue weighted by atomic mass is 35.5. The molecule has 6 nitrogen and oxygen atoms in total. The number of carbonyl (C=O) groups excluding carboxylic acids is 1. The van der Waals surface area contributed by atoms with Gasteiger partial charge in [-0.15, -0.1) is 0 Å². The number of halogens is 1. The molecule has 0 saturated carbocycles. The maximum atomic E-state index is 12.7. The van der Waals surface area contributed by atoms with Crippen molar-refractivity contribution in [3.8, 4) is 11.1 Å². The lowest BCUT2D eigenvalue weighted by molar-refractivity contribution is 0.0686. The molecule has 0 heterocycles. The molecule has 0 aliphatic heterocycles. The quantitative estimate of drug-likeness (QED) is 0.444. The molecule has 1 amide bonds. The summed E-state index contributed by atoms with van der Waals surface area (Å²) >= 11 is 6.38. The number of carboxylic acids is 2. The maximum Gasteiger partial charge on any atom is 0.337 e. The predicted octanol–water partition coefficient (Wildman–Crippen LogP) is 5.95. The summed E-state index contributed by atoms with van der Waals surface area (Å²) in [6.07, 6.45) is 0. The van der Waals surface area contributed by atoms with Crippen LogP contribution in [0.3, 0.4) is 0 Å². The molecule has 32 heavy (non-hydrogen) atoms. The number of nitrogens with one attached hydrogen (secondary N) is 1. The molecular formula is C25H22ClNO5. The van der Waals surface area contributed by atoms with Crippen molar-refractivity contribution < 1.29 is 24.6 Å². The normalized spacial score (nSPS) is 11.1. The lowest BCUT2D eigenvalue weighted by Crippen LogP contribution is -2.16. The molecular weight excluding hydrogens is 430 g/mol. The third-order valence-corrected chi connectivity index (χ3v) is 5.35. The van der Waals surface area contributed by atoms with Gasteiger partial charge < -0.3 is 15.5 Å². The van der Waals surface area contributed by atoms with Gasteiger partial charge in [-0.2, -0.15) is 0 Å². The van der Waals surface area contributed by atoms with Crippen molar-refractivity contribution in [3.05, 3.63) is 87.9 Å². The van der Waals surface area contributed by atoms with Gasteiger partial charge in [-0.3, -0.25) is 4.79 Å². The molecule has 0 atom stereocenters. The van der Waals surface area contributed by atoms with Gasteiger partial charge in [0.2, 0.25) is 0 Å². The lowest BCUT2D eigenvalue weighted by atomic mass is 9.86. The van der Waals surface area contributed by atoms with E-state index in [0.717, 1.165) is 5.56 Å². The molecule has 0 aliphatic carbocycles. The van der Waals surface area contributed by atoms with Gasteiger partial charge in [0.05, 0.1) is 21.8 Å². The highest BCUT2D eigenvalue weighted by Gasteiger charge is 2.19. The Kier molecular flexibility index (Phi) is 6.37. The Morgan fingerprint density at radius 1 is 0.812 bits per heavy atom. The topological polar surface area (TPSA) is 104 Å². The molecule has 0 unspecified atom stereocenters. The van der Waals surface area contributed by atoms with Crippen molar-refractivity contribution in [2.45, 2.75) is 26.2 Å². The van der Waals surface area contributed by atoms with Crippen molar-refractivity contribution in [3.63, 3.8) is 0 Å². The van der Waals surface area contributed by atoms with E-state index < -0.39 is 17.8 Å². The average molecular weight is 452 g/mol. The fourth-order valence-electron chi connectivity index (χ4n) is 3.18. The van der Waals surface area contributed by atoms with E-state index in [9.17, 15) is 19.5 Å². The smallest absolute Gasteiger partial charge is 0.337 e. The van der Waals surface area contributed by atoms with Gasteiger partial charge in [0, 0.05) is 11.1 Å². The molecule has 0 fully saturated rings. The van der Waals surface area contributed by atoms with Crippen molar-refractivity contribution in [1.82, 2.24) is 0 Å². The van der Waals surface area contributed by atoms with E-state index in [1.54, 1.807) is 24.3 Å². The van der Waals surface area contributed by atoms with Crippen LogP contribution in [0.2, 0.25) is 5.02 Å². The van der Waals surface area contributed by atoms with Crippen LogP contribution in [0.1, 0.15) is 57.4 Å². The van der Waals surface area contributed by atoms with E-state index in [4.69, 9.17) is 16.7 Å². The minimum absolute atomic E-state index is 0.0580. The summed E-state index contributed by atoms with van der Waals surface area (Å²) in [5.74, 6) is -2.76. The van der Waals surface area contributed by atoms with Gasteiger partial charge in [-0.05, 0) is 52.9 Å². The van der Waals surface area contributed by atoms with Gasteiger partial charge in [0.1, 0.15) is 0 Å². The first-order valence-corrected chi connectivity index (χ1v) is 10.2. The number of amides is 1. The summed E-state index contributed by atoms with van der Waals surface area (Å²) in [6.45, 7) is 6.21. The van der Waals surface area contributed by atoms with Crippen LogP contribution in [0.15, 0.2) is 60.7 Å². The van der Waals surface area contributed by atoms with E-state index in [-0.39, 0.29) is 27.3 Å². The van der Waals surface area contributed by atoms with Gasteiger partial charge in [-0.1, -0.05) is 56.6 Å². The second-order valence-electron chi connectivity index (χ2n) is 8.35. The van der Waals surface area contributed by atoms with Crippen LogP contribution < -0.4 is 5.32 Å². The molecule has 0 radical (unpaired) electrons. The molecule has 0 bridgehead atoms. The highest BCUT2D eigenvalue weighted by molar-refractivity contribution is 6.34. The summed E-state index contributed by atoms with van der Waals surface area (Å²) in [5.41, 5.74) is 2.40. The van der Waals surface area contributed by atoms with Gasteiger partial charge in [-0.25, -0.2) is 9.59 Å². The first kappa shape index (κ1) is 23.0. The lowest BCUT2D eigenvalue weighted by Gasteiger charge is -2.19. The average Bonchev–Trinajstić information content (AvgIpc) is 2.73. The van der Waals surface area contributed by atoms with Crippen LogP contribution in [-0.2, 0) is 5.41 Å². The number of rotatable bonds is 5. The summed E-state index contributed by atoms with van der Waals surface area (Å²) in [6, 6.07) is 15.8. The summed E-state index contributed by atoms with van der Waals surface area (Å²) < 4.78 is 0. The molecule has 0 spiro atoms. The first-order valence-electron chi connectivity index (χ1n) is 9.80. The first-order chi connectivity index (χ1) is 15.0. The Hall–Kier alpha value is -3.64. The van der Waals surface area contributed by atoms with Gasteiger partial charge >= 0.3 is 11.9 Å². The van der Waals surface area contributed by atoms with E-state index >= 15 is 0 Å². The fraction of sp³-hybridized carbons (Fsp3) is 0.160. The monoisotopic (exact) mass is 451 g/mol. The zero-order valence-electron chi connectivity index (χ0n) is 17.8. The predicted molar refractivity (Wildman–Crippen MR) is 124 cm³/mol. The third-order valence-electron chi connectivity index (χ3n) is 5.04. The third kappa shape index (κ3) is 4.98. The number of carboxylic acid groups (broad SMARTS) is 2. The summed E-state index contributed by atoms with van der Waals surface area (Å²) in [4.78, 5) is 35.6. The summed E-state index contributed by atoms with van der Waals surface area (Å²) in [7, 11) is 0. The van der Waals surface area contributed by atoms with Crippen LogP contribution in [0.4, 0.5) is 5.69 Å². The Labute approximate surface area is 190 Å². The van der Waals surface area contributed by atoms with E-state index in [0.29, 0.717) is 16.7 Å². The molecule has 3 aromatic rings. The minimum Gasteiger partial charge on any atom is -0.478 e. The number of hydrogen-bond donors (Lipinski definition) is 3. The Morgan fingerprint density at radius 3 is 1.88 bits per heavy atom. The molecule has 3 aromatic carbocycles. The van der Waals surface area contributed by atoms with Crippen LogP contribution in [0, 0.1) is 0 Å². The van der Waals surface area contributed by atoms with Crippen molar-refractivity contribution >= 4 is 35.1 Å². The van der Waals surface area contributed by atoms with Crippen molar-refractivity contribution in [2.24, 2.45) is 0 Å².